The Bertz CT molecular complexity index is 1340. The van der Waals surface area contributed by atoms with Crippen LogP contribution in [0.4, 0.5) is 0 Å². The summed E-state index contributed by atoms with van der Waals surface area (Å²) < 4.78 is 11.2. The quantitative estimate of drug-likeness (QED) is 0.301. The number of carboxylic acid groups (broad SMARTS) is 2. The number of nitrogens with zero attached hydrogens (tertiary/aromatic N) is 1. The Morgan fingerprint density at radius 2 is 1.59 bits per heavy atom. The van der Waals surface area contributed by atoms with E-state index in [0.29, 0.717) is 57.5 Å². The maximum atomic E-state index is 13.1. The molecule has 37 heavy (non-hydrogen) atoms. The Morgan fingerprint density at radius 1 is 0.973 bits per heavy atom. The minimum atomic E-state index is -2.27. The third-order valence-corrected chi connectivity index (χ3v) is 6.08. The maximum absolute atomic E-state index is 13.1. The smallest absolute Gasteiger partial charge is 0.335 e. The van der Waals surface area contributed by atoms with Gasteiger partial charge in [-0.05, 0) is 24.3 Å². The van der Waals surface area contributed by atoms with E-state index < -0.39 is 24.1 Å². The SMILES string of the molecule is O=C(O)C(O)C(O)C(=O)O.O=c1c(-c2ccc(Cl)cc2Cl)coc2c(CN3CCOCC3)c(O)ccc12. The highest BCUT2D eigenvalue weighted by Crippen LogP contribution is 2.32. The number of aliphatic hydroxyl groups excluding tert-OH is 2. The molecule has 0 radical (unpaired) electrons. The molecule has 3 aromatic rings. The van der Waals surface area contributed by atoms with E-state index in [0.717, 1.165) is 13.1 Å². The summed E-state index contributed by atoms with van der Waals surface area (Å²) in [6.45, 7) is 3.30. The van der Waals surface area contributed by atoms with Crippen molar-refractivity contribution in [3.63, 3.8) is 0 Å². The van der Waals surface area contributed by atoms with Crippen LogP contribution < -0.4 is 5.43 Å². The van der Waals surface area contributed by atoms with Crippen LogP contribution in [-0.2, 0) is 20.9 Å². The first-order chi connectivity index (χ1) is 17.5. The number of carboxylic acids is 2. The summed E-state index contributed by atoms with van der Waals surface area (Å²) in [7, 11) is 0. The van der Waals surface area contributed by atoms with Crippen molar-refractivity contribution in [2.75, 3.05) is 26.3 Å². The van der Waals surface area contributed by atoms with Gasteiger partial charge in [0.1, 0.15) is 17.6 Å². The van der Waals surface area contributed by atoms with E-state index in [2.05, 4.69) is 4.90 Å². The van der Waals surface area contributed by atoms with Crippen LogP contribution in [0.5, 0.6) is 5.75 Å². The second kappa shape index (κ2) is 12.4. The highest BCUT2D eigenvalue weighted by molar-refractivity contribution is 6.36. The Labute approximate surface area is 219 Å². The number of fused-ring (bicyclic) bond motifs is 1. The molecule has 4 rings (SSSR count). The highest BCUT2D eigenvalue weighted by atomic mass is 35.5. The first-order valence-corrected chi connectivity index (χ1v) is 11.6. The van der Waals surface area contributed by atoms with Gasteiger partial charge in [-0.15, -0.1) is 0 Å². The van der Waals surface area contributed by atoms with E-state index in [1.54, 1.807) is 24.3 Å². The fourth-order valence-electron chi connectivity index (χ4n) is 3.55. The van der Waals surface area contributed by atoms with E-state index in [-0.39, 0.29) is 11.2 Å². The molecule has 2 aromatic carbocycles. The van der Waals surface area contributed by atoms with Gasteiger partial charge in [-0.2, -0.15) is 0 Å². The molecule has 1 fully saturated rings. The van der Waals surface area contributed by atoms with E-state index in [1.807, 2.05) is 0 Å². The molecule has 5 N–H and O–H groups in total. The lowest BCUT2D eigenvalue weighted by atomic mass is 10.0. The Hall–Kier alpha value is -3.19. The molecule has 0 aliphatic carbocycles. The summed E-state index contributed by atoms with van der Waals surface area (Å²) in [4.78, 5) is 34.8. The molecule has 0 saturated carbocycles. The minimum absolute atomic E-state index is 0.106. The minimum Gasteiger partial charge on any atom is -0.507 e. The number of carbonyl (C=O) groups is 2. The summed E-state index contributed by atoms with van der Waals surface area (Å²) in [5.74, 6) is -3.43. The number of halogens is 2. The molecule has 1 aromatic heterocycles. The van der Waals surface area contributed by atoms with Gasteiger partial charge < -0.3 is 34.7 Å². The molecule has 2 heterocycles. The number of aliphatic carboxylic acids is 2. The Kier molecular flexibility index (Phi) is 9.49. The van der Waals surface area contributed by atoms with E-state index >= 15 is 0 Å². The van der Waals surface area contributed by atoms with Crippen molar-refractivity contribution in [3.8, 4) is 16.9 Å². The van der Waals surface area contributed by atoms with Gasteiger partial charge in [0.15, 0.2) is 12.2 Å². The van der Waals surface area contributed by atoms with Gasteiger partial charge in [0.25, 0.3) is 0 Å². The third-order valence-electron chi connectivity index (χ3n) is 5.53. The molecule has 198 valence electrons. The molecule has 1 saturated heterocycles. The predicted molar refractivity (Wildman–Crippen MR) is 133 cm³/mol. The van der Waals surface area contributed by atoms with Gasteiger partial charge >= 0.3 is 11.9 Å². The van der Waals surface area contributed by atoms with Crippen molar-refractivity contribution in [1.82, 2.24) is 4.90 Å². The summed E-state index contributed by atoms with van der Waals surface area (Å²) in [5.41, 5.74) is 1.69. The number of hydrogen-bond donors (Lipinski definition) is 5. The number of phenols is 1. The number of aromatic hydroxyl groups is 1. The summed E-state index contributed by atoms with van der Waals surface area (Å²) in [5, 5.41) is 44.1. The summed E-state index contributed by atoms with van der Waals surface area (Å²) in [6, 6.07) is 8.06. The molecule has 0 spiro atoms. The van der Waals surface area contributed by atoms with Crippen molar-refractivity contribution in [2.24, 2.45) is 0 Å². The normalized spacial score (nSPS) is 15.5. The fourth-order valence-corrected chi connectivity index (χ4v) is 4.06. The van der Waals surface area contributed by atoms with E-state index in [9.17, 15) is 19.5 Å². The van der Waals surface area contributed by atoms with Gasteiger partial charge in [0, 0.05) is 30.2 Å². The largest absolute Gasteiger partial charge is 0.507 e. The zero-order valence-electron chi connectivity index (χ0n) is 19.1. The molecular formula is C24H23Cl2NO10. The molecule has 1 aliphatic heterocycles. The predicted octanol–water partition coefficient (Wildman–Crippen LogP) is 2.18. The number of rotatable bonds is 6. The van der Waals surface area contributed by atoms with Gasteiger partial charge in [-0.1, -0.05) is 29.3 Å². The summed E-state index contributed by atoms with van der Waals surface area (Å²) in [6.07, 6.45) is -3.14. The topological polar surface area (TPSA) is 178 Å². The van der Waals surface area contributed by atoms with Crippen molar-refractivity contribution in [2.45, 2.75) is 18.8 Å². The van der Waals surface area contributed by atoms with E-state index in [4.69, 9.17) is 52.8 Å². The van der Waals surface area contributed by atoms with Gasteiger partial charge in [-0.25, -0.2) is 9.59 Å². The zero-order chi connectivity index (χ0) is 27.3. The number of phenolic OH excluding ortho intramolecular Hbond substituents is 1. The molecule has 0 bridgehead atoms. The molecule has 0 amide bonds. The number of morpholine rings is 1. The first kappa shape index (κ1) is 28.4. The number of ether oxygens (including phenoxy) is 1. The summed E-state index contributed by atoms with van der Waals surface area (Å²) >= 11 is 12.2. The molecule has 1 aliphatic rings. The van der Waals surface area contributed by atoms with Gasteiger partial charge in [-0.3, -0.25) is 9.69 Å². The van der Waals surface area contributed by atoms with Gasteiger partial charge in [0.2, 0.25) is 5.43 Å². The number of benzene rings is 2. The maximum Gasteiger partial charge on any atom is 0.335 e. The van der Waals surface area contributed by atoms with Crippen LogP contribution >= 0.6 is 23.2 Å². The molecule has 2 unspecified atom stereocenters. The molecule has 13 heteroatoms. The second-order valence-electron chi connectivity index (χ2n) is 8.00. The second-order valence-corrected chi connectivity index (χ2v) is 8.84. The molecule has 2 atom stereocenters. The first-order valence-electron chi connectivity index (χ1n) is 10.8. The Balaban J connectivity index is 0.000000325. The van der Waals surface area contributed by atoms with Crippen molar-refractivity contribution >= 4 is 46.1 Å². The van der Waals surface area contributed by atoms with Crippen LogP contribution in [0.25, 0.3) is 22.1 Å². The van der Waals surface area contributed by atoms with Crippen LogP contribution in [0.2, 0.25) is 10.0 Å². The average Bonchev–Trinajstić information content (AvgIpc) is 2.86. The lowest BCUT2D eigenvalue weighted by Gasteiger charge is -2.27. The van der Waals surface area contributed by atoms with Crippen molar-refractivity contribution in [1.29, 1.82) is 0 Å². The Morgan fingerprint density at radius 3 is 2.16 bits per heavy atom. The molecule has 11 nitrogen and oxygen atoms in total. The van der Waals surface area contributed by atoms with Crippen molar-refractivity contribution in [3.05, 3.63) is 62.4 Å². The number of hydrogen-bond acceptors (Lipinski definition) is 9. The lowest BCUT2D eigenvalue weighted by molar-refractivity contribution is -0.165. The van der Waals surface area contributed by atoms with Crippen molar-refractivity contribution < 1.29 is 44.3 Å². The average molecular weight is 556 g/mol. The fraction of sp³-hybridized carbons (Fsp3) is 0.292. The van der Waals surface area contributed by atoms with Gasteiger partial charge in [0.05, 0.1) is 34.7 Å². The van der Waals surface area contributed by atoms with Crippen LogP contribution in [0, 0.1) is 0 Å². The lowest BCUT2D eigenvalue weighted by Crippen LogP contribution is -2.39. The third kappa shape index (κ3) is 6.77. The number of aliphatic hydroxyl groups is 2. The van der Waals surface area contributed by atoms with Crippen LogP contribution in [0.3, 0.4) is 0 Å². The highest BCUT2D eigenvalue weighted by Gasteiger charge is 2.29. The van der Waals surface area contributed by atoms with E-state index in [1.165, 1.54) is 12.3 Å². The molecular weight excluding hydrogens is 533 g/mol. The van der Waals surface area contributed by atoms with Crippen LogP contribution in [-0.4, -0.2) is 80.9 Å². The van der Waals surface area contributed by atoms with Crippen LogP contribution in [0.15, 0.2) is 45.8 Å². The zero-order valence-corrected chi connectivity index (χ0v) is 20.6. The standard InChI is InChI=1S/C20H17Cl2NO4.C4H6O6/c21-12-1-2-13(17(22)9-12)16-11-27-20-14(19(16)25)3-4-18(24)15(20)10-23-5-7-26-8-6-23;5-1(3(7)8)2(6)4(9)10/h1-4,9,11,24H,5-8,10H2;1-2,5-6H,(H,7,8)(H,9,10). The van der Waals surface area contributed by atoms with Crippen LogP contribution in [0.1, 0.15) is 5.56 Å². The monoisotopic (exact) mass is 555 g/mol.